The van der Waals surface area contributed by atoms with Gasteiger partial charge in [-0.1, -0.05) is 30.3 Å². The van der Waals surface area contributed by atoms with E-state index in [1.165, 1.54) is 43.5 Å². The van der Waals surface area contributed by atoms with Crippen molar-refractivity contribution in [3.05, 3.63) is 111 Å². The molecular formula is C29H24FN3O7S. The highest BCUT2D eigenvalue weighted by Gasteiger charge is 2.36. The van der Waals surface area contributed by atoms with Gasteiger partial charge in [-0.15, -0.1) is 6.58 Å². The predicted molar refractivity (Wildman–Crippen MR) is 152 cm³/mol. The molecule has 1 fully saturated rings. The molecule has 0 unspecified atom stereocenters. The minimum atomic E-state index is -0.723. The smallest absolute Gasteiger partial charge is 0.294 e. The first kappa shape index (κ1) is 29.0. The van der Waals surface area contributed by atoms with Crippen molar-refractivity contribution in [3.63, 3.8) is 0 Å². The van der Waals surface area contributed by atoms with Crippen molar-refractivity contribution in [2.45, 2.75) is 13.0 Å². The van der Waals surface area contributed by atoms with Gasteiger partial charge in [0.25, 0.3) is 16.8 Å². The number of nitro groups is 1. The lowest BCUT2D eigenvalue weighted by Gasteiger charge is -2.16. The number of para-hydroxylation sites is 1. The fourth-order valence-electron chi connectivity index (χ4n) is 3.99. The maximum absolute atomic E-state index is 13.9. The molecule has 12 heteroatoms. The van der Waals surface area contributed by atoms with E-state index in [2.05, 4.69) is 11.9 Å². The number of allylic oxidation sites excluding steroid dienone is 1. The molecule has 0 spiro atoms. The number of carbonyl (C=O) groups is 3. The highest BCUT2D eigenvalue weighted by Crippen LogP contribution is 2.37. The fourth-order valence-corrected chi connectivity index (χ4v) is 4.83. The zero-order valence-corrected chi connectivity index (χ0v) is 22.6. The molecule has 0 atom stereocenters. The van der Waals surface area contributed by atoms with Crippen LogP contribution < -0.4 is 14.8 Å². The van der Waals surface area contributed by atoms with E-state index in [1.807, 2.05) is 0 Å². The number of nitrogens with zero attached hydrogens (tertiary/aromatic N) is 2. The Kier molecular flexibility index (Phi) is 9.15. The van der Waals surface area contributed by atoms with Crippen LogP contribution in [0.2, 0.25) is 0 Å². The van der Waals surface area contributed by atoms with Gasteiger partial charge in [-0.25, -0.2) is 4.39 Å². The van der Waals surface area contributed by atoms with Crippen LogP contribution in [-0.2, 0) is 22.6 Å². The summed E-state index contributed by atoms with van der Waals surface area (Å²) in [7, 11) is 1.44. The van der Waals surface area contributed by atoms with Crippen LogP contribution in [0.25, 0.3) is 6.08 Å². The third kappa shape index (κ3) is 6.97. The van der Waals surface area contributed by atoms with Crippen LogP contribution in [0.15, 0.2) is 78.2 Å². The van der Waals surface area contributed by atoms with Gasteiger partial charge in [-0.2, -0.15) is 0 Å². The maximum Gasteiger partial charge on any atom is 0.294 e. The Hall–Kier alpha value is -4.97. The van der Waals surface area contributed by atoms with E-state index in [1.54, 1.807) is 36.4 Å². The van der Waals surface area contributed by atoms with E-state index in [0.29, 0.717) is 46.4 Å². The van der Waals surface area contributed by atoms with Crippen LogP contribution in [-0.4, -0.2) is 40.5 Å². The topological polar surface area (TPSA) is 128 Å². The second kappa shape index (κ2) is 12.9. The highest BCUT2D eigenvalue weighted by molar-refractivity contribution is 8.18. The average molecular weight is 578 g/mol. The first-order valence-electron chi connectivity index (χ1n) is 12.2. The number of carbonyl (C=O) groups excluding carboxylic acids is 3. The Morgan fingerprint density at radius 3 is 2.66 bits per heavy atom. The number of thioether (sulfide) groups is 1. The van der Waals surface area contributed by atoms with Crippen molar-refractivity contribution < 1.29 is 33.2 Å². The van der Waals surface area contributed by atoms with Crippen molar-refractivity contribution in [1.29, 1.82) is 0 Å². The van der Waals surface area contributed by atoms with Crippen LogP contribution in [0, 0.1) is 15.9 Å². The lowest BCUT2D eigenvalue weighted by Crippen LogP contribution is -2.36. The lowest BCUT2D eigenvalue weighted by molar-refractivity contribution is -0.384. The van der Waals surface area contributed by atoms with Gasteiger partial charge in [0.1, 0.15) is 19.0 Å². The quantitative estimate of drug-likeness (QED) is 0.133. The van der Waals surface area contributed by atoms with Gasteiger partial charge in [0, 0.05) is 17.7 Å². The van der Waals surface area contributed by atoms with Crippen molar-refractivity contribution >= 4 is 46.3 Å². The summed E-state index contributed by atoms with van der Waals surface area (Å²) >= 11 is 0.673. The molecule has 4 rings (SSSR count). The molecule has 3 amide bonds. The van der Waals surface area contributed by atoms with Crippen molar-refractivity contribution in [2.75, 3.05) is 19.0 Å². The number of methoxy groups -OCH3 is 1. The molecule has 1 aliphatic heterocycles. The molecule has 0 radical (unpaired) electrons. The molecular weight excluding hydrogens is 553 g/mol. The largest absolute Gasteiger partial charge is 0.493 e. The minimum Gasteiger partial charge on any atom is -0.493 e. The summed E-state index contributed by atoms with van der Waals surface area (Å²) in [6, 6.07) is 15.0. The number of ether oxygens (including phenoxy) is 2. The molecule has 1 heterocycles. The summed E-state index contributed by atoms with van der Waals surface area (Å²) in [5.41, 5.74) is 1.66. The molecule has 1 N–H and O–H groups in total. The van der Waals surface area contributed by atoms with Crippen LogP contribution in [0.4, 0.5) is 20.6 Å². The zero-order chi connectivity index (χ0) is 29.5. The minimum absolute atomic E-state index is 0.0371. The summed E-state index contributed by atoms with van der Waals surface area (Å²) < 4.78 is 25.4. The molecule has 3 aromatic carbocycles. The number of hydrogen-bond donors (Lipinski definition) is 1. The first-order valence-corrected chi connectivity index (χ1v) is 13.0. The van der Waals surface area contributed by atoms with Crippen molar-refractivity contribution in [1.82, 2.24) is 4.90 Å². The Morgan fingerprint density at radius 2 is 1.95 bits per heavy atom. The normalized spacial score (nSPS) is 13.8. The number of benzene rings is 3. The van der Waals surface area contributed by atoms with E-state index in [0.717, 1.165) is 4.90 Å². The standard InChI is InChI=1S/C29H24FN3O7S/c1-3-7-20-12-19(14-24(39-2)27(20)40-17-18-8-6-9-21(13-18)33(37)38)15-25-28(35)32(29(36)41-25)16-26(34)31-23-11-5-4-10-22(23)30/h3-6,8-15H,1,7,16-17H2,2H3,(H,31,34)/b25-15-. The third-order valence-electron chi connectivity index (χ3n) is 5.86. The highest BCUT2D eigenvalue weighted by atomic mass is 32.2. The average Bonchev–Trinajstić information content (AvgIpc) is 3.20. The molecule has 10 nitrogen and oxygen atoms in total. The molecule has 0 aliphatic carbocycles. The van der Waals surface area contributed by atoms with Crippen molar-refractivity contribution in [2.24, 2.45) is 0 Å². The van der Waals surface area contributed by atoms with Crippen molar-refractivity contribution in [3.8, 4) is 11.5 Å². The summed E-state index contributed by atoms with van der Waals surface area (Å²) in [4.78, 5) is 49.4. The Labute approximate surface area is 238 Å². The molecule has 210 valence electrons. The zero-order valence-electron chi connectivity index (χ0n) is 21.8. The number of non-ortho nitro benzene ring substituents is 1. The Morgan fingerprint density at radius 1 is 1.17 bits per heavy atom. The second-order valence-corrected chi connectivity index (χ2v) is 9.71. The number of nitro benzene ring substituents is 1. The summed E-state index contributed by atoms with van der Waals surface area (Å²) in [6.07, 6.45) is 3.53. The maximum atomic E-state index is 13.9. The van der Waals surface area contributed by atoms with E-state index in [-0.39, 0.29) is 22.9 Å². The number of anilines is 1. The van der Waals surface area contributed by atoms with Gasteiger partial charge < -0.3 is 14.8 Å². The summed E-state index contributed by atoms with van der Waals surface area (Å²) in [6.45, 7) is 3.23. The second-order valence-electron chi connectivity index (χ2n) is 8.72. The van der Waals surface area contributed by atoms with Gasteiger partial charge in [-0.3, -0.25) is 29.4 Å². The van der Waals surface area contributed by atoms with E-state index in [4.69, 9.17) is 9.47 Å². The summed E-state index contributed by atoms with van der Waals surface area (Å²) in [5.74, 6) is -1.30. The van der Waals surface area contributed by atoms with Gasteiger partial charge in [0.05, 0.1) is 22.6 Å². The predicted octanol–water partition coefficient (Wildman–Crippen LogP) is 5.73. The van der Waals surface area contributed by atoms with Gasteiger partial charge >= 0.3 is 0 Å². The Bertz CT molecular complexity index is 1570. The number of nitrogens with one attached hydrogen (secondary N) is 1. The summed E-state index contributed by atoms with van der Waals surface area (Å²) in [5, 5.41) is 12.8. The van der Waals surface area contributed by atoms with E-state index < -0.39 is 34.3 Å². The molecule has 0 bridgehead atoms. The molecule has 0 aromatic heterocycles. The molecule has 1 aliphatic rings. The molecule has 41 heavy (non-hydrogen) atoms. The van der Waals surface area contributed by atoms with Gasteiger partial charge in [0.15, 0.2) is 11.5 Å². The fraction of sp³-hybridized carbons (Fsp3) is 0.138. The van der Waals surface area contributed by atoms with Gasteiger partial charge in [0.2, 0.25) is 5.91 Å². The van der Waals surface area contributed by atoms with Crippen LogP contribution in [0.5, 0.6) is 11.5 Å². The van der Waals surface area contributed by atoms with Crippen LogP contribution in [0.1, 0.15) is 16.7 Å². The number of hydrogen-bond acceptors (Lipinski definition) is 8. The van der Waals surface area contributed by atoms with Crippen LogP contribution in [0.3, 0.4) is 0 Å². The monoisotopic (exact) mass is 577 g/mol. The number of imide groups is 1. The number of amides is 3. The van der Waals surface area contributed by atoms with E-state index in [9.17, 15) is 28.9 Å². The SMILES string of the molecule is C=CCc1cc(/C=C2\SC(=O)N(CC(=O)Nc3ccccc3F)C2=O)cc(OC)c1OCc1cccc([N+](=O)[O-])c1. The molecule has 1 saturated heterocycles. The van der Waals surface area contributed by atoms with E-state index >= 15 is 0 Å². The molecule has 3 aromatic rings. The van der Waals surface area contributed by atoms with Gasteiger partial charge in [-0.05, 0) is 59.7 Å². The Balaban J connectivity index is 1.53. The lowest BCUT2D eigenvalue weighted by atomic mass is 10.0. The third-order valence-corrected chi connectivity index (χ3v) is 6.77. The van der Waals surface area contributed by atoms with Crippen LogP contribution >= 0.6 is 11.8 Å². The molecule has 0 saturated carbocycles. The number of rotatable bonds is 11. The first-order chi connectivity index (χ1) is 19.7. The number of halogens is 1.